The van der Waals surface area contributed by atoms with E-state index in [0.717, 1.165) is 20.5 Å². The van der Waals surface area contributed by atoms with E-state index in [-0.39, 0.29) is 0 Å². The van der Waals surface area contributed by atoms with Gasteiger partial charge in [0.1, 0.15) is 4.60 Å². The summed E-state index contributed by atoms with van der Waals surface area (Å²) in [5, 5.41) is 0. The van der Waals surface area contributed by atoms with Gasteiger partial charge in [-0.15, -0.1) is 0 Å². The zero-order valence-electron chi connectivity index (χ0n) is 7.11. The van der Waals surface area contributed by atoms with Crippen LogP contribution in [0.5, 0.6) is 0 Å². The second-order valence-electron chi connectivity index (χ2n) is 2.71. The highest BCUT2D eigenvalue weighted by Gasteiger charge is 2.00. The molecule has 4 heteroatoms. The molecule has 14 heavy (non-hydrogen) atoms. The van der Waals surface area contributed by atoms with Gasteiger partial charge in [0.05, 0.1) is 0 Å². The molecule has 1 aromatic heterocycles. The summed E-state index contributed by atoms with van der Waals surface area (Å²) in [5.41, 5.74) is 1.01. The SMILES string of the molecule is Brc1ccc(-c2nccc(Br)n2)cc1. The molecule has 0 saturated heterocycles. The van der Waals surface area contributed by atoms with E-state index in [1.54, 1.807) is 6.20 Å². The highest BCUT2D eigenvalue weighted by molar-refractivity contribution is 9.10. The van der Waals surface area contributed by atoms with Gasteiger partial charge in [0, 0.05) is 16.2 Å². The quantitative estimate of drug-likeness (QED) is 0.751. The zero-order chi connectivity index (χ0) is 9.97. The van der Waals surface area contributed by atoms with Crippen LogP contribution in [0.4, 0.5) is 0 Å². The van der Waals surface area contributed by atoms with Gasteiger partial charge in [-0.1, -0.05) is 28.1 Å². The van der Waals surface area contributed by atoms with Crippen molar-refractivity contribution >= 4 is 31.9 Å². The average Bonchev–Trinajstić information content (AvgIpc) is 2.19. The van der Waals surface area contributed by atoms with Crippen LogP contribution in [-0.4, -0.2) is 9.97 Å². The van der Waals surface area contributed by atoms with E-state index >= 15 is 0 Å². The van der Waals surface area contributed by atoms with Gasteiger partial charge in [-0.3, -0.25) is 0 Å². The lowest BCUT2D eigenvalue weighted by molar-refractivity contribution is 1.15. The first kappa shape index (κ1) is 9.80. The fourth-order valence-corrected chi connectivity index (χ4v) is 1.63. The molecule has 0 amide bonds. The van der Waals surface area contributed by atoms with E-state index in [9.17, 15) is 0 Å². The smallest absolute Gasteiger partial charge is 0.160 e. The predicted molar refractivity (Wildman–Crippen MR) is 62.9 cm³/mol. The Labute approximate surface area is 98.7 Å². The predicted octanol–water partition coefficient (Wildman–Crippen LogP) is 3.67. The summed E-state index contributed by atoms with van der Waals surface area (Å²) in [6, 6.07) is 9.71. The molecule has 0 atom stereocenters. The number of halogens is 2. The monoisotopic (exact) mass is 312 g/mol. The van der Waals surface area contributed by atoms with Gasteiger partial charge in [0.15, 0.2) is 5.82 Å². The van der Waals surface area contributed by atoms with Crippen LogP contribution in [0.3, 0.4) is 0 Å². The number of rotatable bonds is 1. The standard InChI is InChI=1S/C10H6Br2N2/c11-8-3-1-7(2-4-8)10-13-6-5-9(12)14-10/h1-6H. The van der Waals surface area contributed by atoms with E-state index in [0.29, 0.717) is 0 Å². The van der Waals surface area contributed by atoms with E-state index in [1.807, 2.05) is 30.3 Å². The minimum atomic E-state index is 0.729. The van der Waals surface area contributed by atoms with Crippen LogP contribution in [0, 0.1) is 0 Å². The lowest BCUT2D eigenvalue weighted by Gasteiger charge is -1.99. The number of aromatic nitrogens is 2. The van der Waals surface area contributed by atoms with Gasteiger partial charge in [-0.05, 0) is 34.1 Å². The van der Waals surface area contributed by atoms with Crippen LogP contribution in [0.2, 0.25) is 0 Å². The Morgan fingerprint density at radius 1 is 0.929 bits per heavy atom. The van der Waals surface area contributed by atoms with Crippen LogP contribution < -0.4 is 0 Å². The second-order valence-corrected chi connectivity index (χ2v) is 4.44. The van der Waals surface area contributed by atoms with Gasteiger partial charge >= 0.3 is 0 Å². The normalized spacial score (nSPS) is 10.1. The van der Waals surface area contributed by atoms with Crippen molar-refractivity contribution in [3.8, 4) is 11.4 Å². The molecular weight excluding hydrogens is 308 g/mol. The molecule has 1 heterocycles. The van der Waals surface area contributed by atoms with Gasteiger partial charge in [0.2, 0.25) is 0 Å². The molecule has 0 aliphatic rings. The third kappa shape index (κ3) is 2.19. The van der Waals surface area contributed by atoms with Crippen molar-refractivity contribution in [2.45, 2.75) is 0 Å². The highest BCUT2D eigenvalue weighted by atomic mass is 79.9. The fourth-order valence-electron chi connectivity index (χ4n) is 1.07. The van der Waals surface area contributed by atoms with Gasteiger partial charge in [0.25, 0.3) is 0 Å². The third-order valence-electron chi connectivity index (χ3n) is 1.72. The molecule has 2 rings (SSSR count). The number of nitrogens with zero attached hydrogens (tertiary/aromatic N) is 2. The Morgan fingerprint density at radius 2 is 1.64 bits per heavy atom. The van der Waals surface area contributed by atoms with E-state index in [4.69, 9.17) is 0 Å². The highest BCUT2D eigenvalue weighted by Crippen LogP contribution is 2.19. The van der Waals surface area contributed by atoms with Crippen molar-refractivity contribution in [1.82, 2.24) is 9.97 Å². The number of benzene rings is 1. The Kier molecular flexibility index (Phi) is 2.93. The Bertz CT molecular complexity index is 440. The summed E-state index contributed by atoms with van der Waals surface area (Å²) in [6.45, 7) is 0. The first-order chi connectivity index (χ1) is 6.75. The molecular formula is C10H6Br2N2. The molecule has 2 nitrogen and oxygen atoms in total. The first-order valence-electron chi connectivity index (χ1n) is 4.00. The molecule has 0 saturated carbocycles. The molecule has 0 spiro atoms. The third-order valence-corrected chi connectivity index (χ3v) is 2.69. The summed E-state index contributed by atoms with van der Waals surface area (Å²) in [5.74, 6) is 0.729. The Morgan fingerprint density at radius 3 is 2.29 bits per heavy atom. The number of hydrogen-bond donors (Lipinski definition) is 0. The maximum absolute atomic E-state index is 4.26. The van der Waals surface area contributed by atoms with Crippen molar-refractivity contribution in [1.29, 1.82) is 0 Å². The topological polar surface area (TPSA) is 25.8 Å². The summed E-state index contributed by atoms with van der Waals surface area (Å²) >= 11 is 6.70. The molecule has 2 aromatic rings. The average molecular weight is 314 g/mol. The molecule has 0 unspecified atom stereocenters. The van der Waals surface area contributed by atoms with Crippen molar-refractivity contribution in [2.24, 2.45) is 0 Å². The molecule has 0 aliphatic carbocycles. The molecule has 0 radical (unpaired) electrons. The Hall–Kier alpha value is -0.740. The molecule has 0 fully saturated rings. The number of hydrogen-bond acceptors (Lipinski definition) is 2. The van der Waals surface area contributed by atoms with E-state index < -0.39 is 0 Å². The maximum atomic E-state index is 4.26. The minimum Gasteiger partial charge on any atom is -0.237 e. The Balaban J connectivity index is 2.44. The summed E-state index contributed by atoms with van der Waals surface area (Å²) in [4.78, 5) is 8.45. The van der Waals surface area contributed by atoms with Crippen LogP contribution >= 0.6 is 31.9 Å². The van der Waals surface area contributed by atoms with E-state index in [1.165, 1.54) is 0 Å². The van der Waals surface area contributed by atoms with Crippen molar-refractivity contribution < 1.29 is 0 Å². The van der Waals surface area contributed by atoms with Crippen molar-refractivity contribution in [3.05, 3.63) is 45.6 Å². The van der Waals surface area contributed by atoms with Crippen molar-refractivity contribution in [2.75, 3.05) is 0 Å². The van der Waals surface area contributed by atoms with Crippen molar-refractivity contribution in [3.63, 3.8) is 0 Å². The van der Waals surface area contributed by atoms with E-state index in [2.05, 4.69) is 41.8 Å². The lowest BCUT2D eigenvalue weighted by Crippen LogP contribution is -1.87. The zero-order valence-corrected chi connectivity index (χ0v) is 10.3. The van der Waals surface area contributed by atoms with Crippen LogP contribution in [0.25, 0.3) is 11.4 Å². The lowest BCUT2D eigenvalue weighted by atomic mass is 10.2. The minimum absolute atomic E-state index is 0.729. The van der Waals surface area contributed by atoms with Gasteiger partial charge < -0.3 is 0 Å². The summed E-state index contributed by atoms with van der Waals surface area (Å²) in [6.07, 6.45) is 1.73. The largest absolute Gasteiger partial charge is 0.237 e. The van der Waals surface area contributed by atoms with Crippen LogP contribution in [0.15, 0.2) is 45.6 Å². The second kappa shape index (κ2) is 4.19. The molecule has 0 aliphatic heterocycles. The van der Waals surface area contributed by atoms with Gasteiger partial charge in [-0.2, -0.15) is 0 Å². The fraction of sp³-hybridized carbons (Fsp3) is 0. The molecule has 1 aromatic carbocycles. The molecule has 70 valence electrons. The van der Waals surface area contributed by atoms with Gasteiger partial charge in [-0.25, -0.2) is 9.97 Å². The maximum Gasteiger partial charge on any atom is 0.160 e. The summed E-state index contributed by atoms with van der Waals surface area (Å²) in [7, 11) is 0. The summed E-state index contributed by atoms with van der Waals surface area (Å²) < 4.78 is 1.85. The first-order valence-corrected chi connectivity index (χ1v) is 5.59. The van der Waals surface area contributed by atoms with Crippen LogP contribution in [-0.2, 0) is 0 Å². The molecule has 0 N–H and O–H groups in total. The molecule has 0 bridgehead atoms. The van der Waals surface area contributed by atoms with Crippen LogP contribution in [0.1, 0.15) is 0 Å².